The average molecular weight is 165 g/mol. The first kappa shape index (κ1) is 7.37. The molecule has 1 aliphatic carbocycles. The lowest BCUT2D eigenvalue weighted by Crippen LogP contribution is -2.48. The Labute approximate surface area is 75.1 Å². The van der Waals surface area contributed by atoms with E-state index in [2.05, 4.69) is 11.9 Å². The van der Waals surface area contributed by atoms with Crippen molar-refractivity contribution in [3.05, 3.63) is 0 Å². The van der Waals surface area contributed by atoms with E-state index in [9.17, 15) is 0 Å². The molecular formula is C11H19N. The van der Waals surface area contributed by atoms with Gasteiger partial charge in [0, 0.05) is 12.1 Å². The Hall–Kier alpha value is -0.0400. The lowest BCUT2D eigenvalue weighted by Gasteiger charge is -2.46. The second kappa shape index (κ2) is 2.47. The van der Waals surface area contributed by atoms with Crippen molar-refractivity contribution in [3.63, 3.8) is 0 Å². The summed E-state index contributed by atoms with van der Waals surface area (Å²) in [6.45, 7) is 0. The minimum atomic E-state index is 0.978. The van der Waals surface area contributed by atoms with Gasteiger partial charge in [0.2, 0.25) is 0 Å². The van der Waals surface area contributed by atoms with Crippen LogP contribution in [0, 0.1) is 11.8 Å². The highest BCUT2D eigenvalue weighted by Gasteiger charge is 2.46. The molecule has 0 amide bonds. The Balaban J connectivity index is 1.91. The first-order valence-electron chi connectivity index (χ1n) is 5.58. The third-order valence-electron chi connectivity index (χ3n) is 4.65. The molecule has 0 N–H and O–H groups in total. The monoisotopic (exact) mass is 165 g/mol. The molecule has 0 spiro atoms. The van der Waals surface area contributed by atoms with Gasteiger partial charge < -0.3 is 0 Å². The van der Waals surface area contributed by atoms with Gasteiger partial charge in [0.25, 0.3) is 0 Å². The van der Waals surface area contributed by atoms with E-state index in [1.54, 1.807) is 6.42 Å². The highest BCUT2D eigenvalue weighted by molar-refractivity contribution is 5.00. The minimum absolute atomic E-state index is 0.978. The third kappa shape index (κ3) is 0.834. The van der Waals surface area contributed by atoms with Crippen LogP contribution in [0.4, 0.5) is 0 Å². The first-order chi connectivity index (χ1) is 5.86. The molecule has 2 heterocycles. The SMILES string of the molecule is CN1C2CCC1C1CCCC2C1. The first-order valence-corrected chi connectivity index (χ1v) is 5.58. The van der Waals surface area contributed by atoms with E-state index in [0.717, 1.165) is 23.9 Å². The van der Waals surface area contributed by atoms with Gasteiger partial charge in [0.1, 0.15) is 0 Å². The fraction of sp³-hybridized carbons (Fsp3) is 1.00. The quantitative estimate of drug-likeness (QED) is 0.532. The number of hydrogen-bond acceptors (Lipinski definition) is 1. The molecule has 3 aliphatic rings. The Morgan fingerprint density at radius 2 is 1.50 bits per heavy atom. The Bertz CT molecular complexity index is 171. The van der Waals surface area contributed by atoms with Crippen LogP contribution in [0.5, 0.6) is 0 Å². The predicted octanol–water partition coefficient (Wildman–Crippen LogP) is 2.27. The second-order valence-electron chi connectivity index (χ2n) is 5.06. The van der Waals surface area contributed by atoms with E-state index in [1.165, 1.54) is 32.1 Å². The van der Waals surface area contributed by atoms with E-state index in [4.69, 9.17) is 0 Å². The molecular weight excluding hydrogens is 146 g/mol. The van der Waals surface area contributed by atoms with Gasteiger partial charge in [-0.25, -0.2) is 0 Å². The fourth-order valence-corrected chi connectivity index (χ4v) is 4.10. The Morgan fingerprint density at radius 3 is 2.08 bits per heavy atom. The van der Waals surface area contributed by atoms with Gasteiger partial charge in [-0.2, -0.15) is 0 Å². The zero-order chi connectivity index (χ0) is 8.13. The van der Waals surface area contributed by atoms with Gasteiger partial charge >= 0.3 is 0 Å². The fourth-order valence-electron chi connectivity index (χ4n) is 4.10. The van der Waals surface area contributed by atoms with Crippen molar-refractivity contribution < 1.29 is 0 Å². The molecule has 0 aromatic carbocycles. The van der Waals surface area contributed by atoms with Crippen LogP contribution >= 0.6 is 0 Å². The summed E-state index contributed by atoms with van der Waals surface area (Å²) in [7, 11) is 2.37. The molecule has 4 bridgehead atoms. The smallest absolute Gasteiger partial charge is 0.0124 e. The molecule has 2 saturated heterocycles. The Kier molecular flexibility index (Phi) is 1.52. The number of hydrogen-bond donors (Lipinski definition) is 0. The van der Waals surface area contributed by atoms with E-state index < -0.39 is 0 Å². The normalized spacial score (nSPS) is 52.8. The number of nitrogens with zero attached hydrogens (tertiary/aromatic N) is 1. The van der Waals surface area contributed by atoms with Gasteiger partial charge in [-0.15, -0.1) is 0 Å². The van der Waals surface area contributed by atoms with Gasteiger partial charge in [-0.3, -0.25) is 4.90 Å². The summed E-state index contributed by atoms with van der Waals surface area (Å²) in [5.41, 5.74) is 0. The highest BCUT2D eigenvalue weighted by Crippen LogP contribution is 2.47. The second-order valence-corrected chi connectivity index (χ2v) is 5.06. The molecule has 0 radical (unpaired) electrons. The van der Waals surface area contributed by atoms with E-state index >= 15 is 0 Å². The van der Waals surface area contributed by atoms with Crippen LogP contribution in [-0.4, -0.2) is 24.0 Å². The van der Waals surface area contributed by atoms with Crippen LogP contribution in [0.3, 0.4) is 0 Å². The third-order valence-corrected chi connectivity index (χ3v) is 4.65. The molecule has 4 atom stereocenters. The zero-order valence-electron chi connectivity index (χ0n) is 8.00. The summed E-state index contributed by atoms with van der Waals surface area (Å²) in [6.07, 6.45) is 9.15. The summed E-state index contributed by atoms with van der Waals surface area (Å²) >= 11 is 0. The molecule has 3 fully saturated rings. The van der Waals surface area contributed by atoms with Crippen LogP contribution in [0.2, 0.25) is 0 Å². The molecule has 1 nitrogen and oxygen atoms in total. The topological polar surface area (TPSA) is 3.24 Å². The number of rotatable bonds is 0. The van der Waals surface area contributed by atoms with Crippen molar-refractivity contribution in [2.24, 2.45) is 11.8 Å². The number of fused-ring (bicyclic) bond motifs is 6. The van der Waals surface area contributed by atoms with E-state index in [1.807, 2.05) is 0 Å². The predicted molar refractivity (Wildman–Crippen MR) is 50.0 cm³/mol. The van der Waals surface area contributed by atoms with Crippen molar-refractivity contribution in [3.8, 4) is 0 Å². The largest absolute Gasteiger partial charge is 0.300 e. The van der Waals surface area contributed by atoms with Gasteiger partial charge in [0.15, 0.2) is 0 Å². The molecule has 1 heteroatoms. The lowest BCUT2D eigenvalue weighted by atomic mass is 9.73. The summed E-state index contributed by atoms with van der Waals surface area (Å²) in [5, 5.41) is 0. The molecule has 12 heavy (non-hydrogen) atoms. The van der Waals surface area contributed by atoms with Crippen LogP contribution in [0.1, 0.15) is 38.5 Å². The van der Waals surface area contributed by atoms with Gasteiger partial charge in [-0.05, 0) is 51.0 Å². The van der Waals surface area contributed by atoms with E-state index in [0.29, 0.717) is 0 Å². The maximum atomic E-state index is 2.71. The minimum Gasteiger partial charge on any atom is -0.300 e. The standard InChI is InChI=1S/C11H19N/c1-12-10-5-6-11(12)9-4-2-3-8(10)7-9/h8-11H,2-7H2,1H3. The summed E-state index contributed by atoms with van der Waals surface area (Å²) in [6, 6.07) is 1.96. The van der Waals surface area contributed by atoms with Crippen LogP contribution in [0.15, 0.2) is 0 Å². The van der Waals surface area contributed by atoms with Crippen LogP contribution in [-0.2, 0) is 0 Å². The zero-order valence-corrected chi connectivity index (χ0v) is 8.00. The van der Waals surface area contributed by atoms with Gasteiger partial charge in [-0.1, -0.05) is 6.42 Å². The molecule has 68 valence electrons. The van der Waals surface area contributed by atoms with Crippen LogP contribution < -0.4 is 0 Å². The molecule has 4 unspecified atom stereocenters. The van der Waals surface area contributed by atoms with Crippen molar-refractivity contribution >= 4 is 0 Å². The lowest BCUT2D eigenvalue weighted by molar-refractivity contribution is 0.0361. The molecule has 0 aromatic heterocycles. The van der Waals surface area contributed by atoms with Crippen molar-refractivity contribution in [2.75, 3.05) is 7.05 Å². The van der Waals surface area contributed by atoms with Crippen molar-refractivity contribution in [1.29, 1.82) is 0 Å². The summed E-state index contributed by atoms with van der Waals surface area (Å²) in [4.78, 5) is 2.71. The maximum Gasteiger partial charge on any atom is 0.0124 e. The average Bonchev–Trinajstić information content (AvgIpc) is 2.41. The number of piperidine rings is 1. The molecule has 2 aliphatic heterocycles. The summed E-state index contributed by atoms with van der Waals surface area (Å²) in [5.74, 6) is 2.15. The maximum absolute atomic E-state index is 2.71. The summed E-state index contributed by atoms with van der Waals surface area (Å²) < 4.78 is 0. The Morgan fingerprint density at radius 1 is 0.917 bits per heavy atom. The van der Waals surface area contributed by atoms with E-state index in [-0.39, 0.29) is 0 Å². The van der Waals surface area contributed by atoms with Gasteiger partial charge in [0.05, 0.1) is 0 Å². The molecule has 3 rings (SSSR count). The molecule has 1 saturated carbocycles. The van der Waals surface area contributed by atoms with Crippen molar-refractivity contribution in [2.45, 2.75) is 50.6 Å². The van der Waals surface area contributed by atoms with Crippen molar-refractivity contribution in [1.82, 2.24) is 4.90 Å². The molecule has 0 aromatic rings. The van der Waals surface area contributed by atoms with Crippen LogP contribution in [0.25, 0.3) is 0 Å². The highest BCUT2D eigenvalue weighted by atomic mass is 15.2.